The summed E-state index contributed by atoms with van der Waals surface area (Å²) in [4.78, 5) is 6.82. The van der Waals surface area contributed by atoms with Gasteiger partial charge in [0.2, 0.25) is 0 Å². The summed E-state index contributed by atoms with van der Waals surface area (Å²) in [5.41, 5.74) is 2.25. The molecule has 0 bridgehead atoms. The van der Waals surface area contributed by atoms with Crippen LogP contribution in [0.5, 0.6) is 5.75 Å². The zero-order valence-corrected chi connectivity index (χ0v) is 10.2. The van der Waals surface area contributed by atoms with E-state index >= 15 is 0 Å². The Morgan fingerprint density at radius 3 is 2.62 bits per heavy atom. The molecule has 0 heterocycles. The fourth-order valence-electron chi connectivity index (χ4n) is 1.54. The molecule has 0 saturated heterocycles. The van der Waals surface area contributed by atoms with Gasteiger partial charge in [-0.25, -0.2) is 5.90 Å². The van der Waals surface area contributed by atoms with Crippen LogP contribution in [0.2, 0.25) is 0 Å². The average molecular weight is 224 g/mol. The number of nitrogens with zero attached hydrogens (tertiary/aromatic N) is 1. The first-order valence-corrected chi connectivity index (χ1v) is 5.29. The van der Waals surface area contributed by atoms with Crippen molar-refractivity contribution in [3.63, 3.8) is 0 Å². The van der Waals surface area contributed by atoms with Gasteiger partial charge in [-0.05, 0) is 38.2 Å². The number of ether oxygens (including phenoxy) is 1. The molecule has 0 unspecified atom stereocenters. The van der Waals surface area contributed by atoms with Crippen LogP contribution >= 0.6 is 0 Å². The number of nitrogens with two attached hydrogens (primary N) is 1. The van der Waals surface area contributed by atoms with Crippen LogP contribution in [0.15, 0.2) is 18.2 Å². The molecule has 0 aromatic heterocycles. The Hall–Kier alpha value is -1.10. The van der Waals surface area contributed by atoms with Crippen molar-refractivity contribution in [3.05, 3.63) is 29.3 Å². The van der Waals surface area contributed by atoms with E-state index in [-0.39, 0.29) is 0 Å². The summed E-state index contributed by atoms with van der Waals surface area (Å²) in [7, 11) is 5.77. The van der Waals surface area contributed by atoms with Gasteiger partial charge >= 0.3 is 0 Å². The Morgan fingerprint density at radius 2 is 2.06 bits per heavy atom. The largest absolute Gasteiger partial charge is 0.496 e. The lowest BCUT2D eigenvalue weighted by molar-refractivity contribution is 0.122. The first kappa shape index (κ1) is 13.0. The third-order valence-electron chi connectivity index (χ3n) is 2.43. The highest BCUT2D eigenvalue weighted by molar-refractivity contribution is 5.37. The summed E-state index contributed by atoms with van der Waals surface area (Å²) in [6.45, 7) is 1.40. The number of likely N-dealkylation sites (N-methyl/N-ethyl adjacent to an activating group) is 1. The van der Waals surface area contributed by atoms with Gasteiger partial charge in [-0.15, -0.1) is 0 Å². The van der Waals surface area contributed by atoms with E-state index in [4.69, 9.17) is 10.6 Å². The van der Waals surface area contributed by atoms with Crippen molar-refractivity contribution in [2.45, 2.75) is 13.0 Å². The number of hydrogen-bond donors (Lipinski definition) is 1. The highest BCUT2D eigenvalue weighted by Crippen LogP contribution is 2.20. The molecule has 0 aliphatic rings. The molecule has 0 fully saturated rings. The Kier molecular flexibility index (Phi) is 5.25. The maximum atomic E-state index is 5.23. The number of benzene rings is 1. The van der Waals surface area contributed by atoms with Crippen molar-refractivity contribution in [1.82, 2.24) is 4.90 Å². The topological polar surface area (TPSA) is 47.7 Å². The van der Waals surface area contributed by atoms with E-state index in [1.807, 2.05) is 6.07 Å². The molecule has 0 amide bonds. The number of rotatable bonds is 6. The predicted molar refractivity (Wildman–Crippen MR) is 64.2 cm³/mol. The summed E-state index contributed by atoms with van der Waals surface area (Å²) in [5, 5.41) is 0. The van der Waals surface area contributed by atoms with Gasteiger partial charge in [-0.1, -0.05) is 6.07 Å². The average Bonchev–Trinajstić information content (AvgIpc) is 2.27. The molecular weight excluding hydrogens is 204 g/mol. The van der Waals surface area contributed by atoms with E-state index in [9.17, 15) is 0 Å². The number of methoxy groups -OCH3 is 1. The summed E-state index contributed by atoms with van der Waals surface area (Å²) in [6, 6.07) is 6.11. The summed E-state index contributed by atoms with van der Waals surface area (Å²) >= 11 is 0. The van der Waals surface area contributed by atoms with Crippen molar-refractivity contribution < 1.29 is 9.57 Å². The molecule has 2 N–H and O–H groups in total. The van der Waals surface area contributed by atoms with E-state index in [0.717, 1.165) is 24.3 Å². The van der Waals surface area contributed by atoms with Gasteiger partial charge in [0.1, 0.15) is 5.75 Å². The van der Waals surface area contributed by atoms with Crippen molar-refractivity contribution in [2.24, 2.45) is 5.90 Å². The SMILES string of the molecule is COc1ccc(CCN(C)C)cc1CON. The van der Waals surface area contributed by atoms with Crippen LogP contribution in [-0.2, 0) is 17.9 Å². The smallest absolute Gasteiger partial charge is 0.124 e. The van der Waals surface area contributed by atoms with Crippen LogP contribution in [0.4, 0.5) is 0 Å². The van der Waals surface area contributed by atoms with E-state index in [0.29, 0.717) is 6.61 Å². The third kappa shape index (κ3) is 3.81. The van der Waals surface area contributed by atoms with Gasteiger partial charge in [0, 0.05) is 12.1 Å². The molecular formula is C12H20N2O2. The molecule has 1 aromatic rings. The van der Waals surface area contributed by atoms with Gasteiger partial charge in [0.05, 0.1) is 13.7 Å². The van der Waals surface area contributed by atoms with E-state index in [1.165, 1.54) is 5.56 Å². The predicted octanol–water partition coefficient (Wildman–Crippen LogP) is 1.19. The Labute approximate surface area is 96.9 Å². The first-order chi connectivity index (χ1) is 7.67. The van der Waals surface area contributed by atoms with Crippen molar-refractivity contribution >= 4 is 0 Å². The van der Waals surface area contributed by atoms with E-state index < -0.39 is 0 Å². The van der Waals surface area contributed by atoms with Crippen LogP contribution in [0.1, 0.15) is 11.1 Å². The van der Waals surface area contributed by atoms with E-state index in [1.54, 1.807) is 7.11 Å². The minimum Gasteiger partial charge on any atom is -0.496 e. The molecule has 4 heteroatoms. The summed E-state index contributed by atoms with van der Waals surface area (Å²) < 4.78 is 5.23. The molecule has 16 heavy (non-hydrogen) atoms. The number of hydrogen-bond acceptors (Lipinski definition) is 4. The molecule has 0 atom stereocenters. The lowest BCUT2D eigenvalue weighted by Gasteiger charge is -2.12. The monoisotopic (exact) mass is 224 g/mol. The second-order valence-electron chi connectivity index (χ2n) is 4.01. The molecule has 1 rings (SSSR count). The van der Waals surface area contributed by atoms with Gasteiger partial charge < -0.3 is 9.64 Å². The first-order valence-electron chi connectivity index (χ1n) is 5.29. The zero-order chi connectivity index (χ0) is 12.0. The van der Waals surface area contributed by atoms with Crippen LogP contribution in [0.25, 0.3) is 0 Å². The van der Waals surface area contributed by atoms with Crippen LogP contribution in [0.3, 0.4) is 0 Å². The maximum Gasteiger partial charge on any atom is 0.124 e. The standard InChI is InChI=1S/C12H20N2O2/c1-14(2)7-6-10-4-5-12(15-3)11(8-10)9-16-13/h4-5,8H,6-7,9,13H2,1-3H3. The highest BCUT2D eigenvalue weighted by Gasteiger charge is 2.04. The van der Waals surface area contributed by atoms with Gasteiger partial charge in [-0.2, -0.15) is 0 Å². The lowest BCUT2D eigenvalue weighted by Crippen LogP contribution is -2.15. The molecule has 0 aliphatic carbocycles. The third-order valence-corrected chi connectivity index (χ3v) is 2.43. The van der Waals surface area contributed by atoms with Crippen LogP contribution < -0.4 is 10.6 Å². The molecule has 0 spiro atoms. The fraction of sp³-hybridized carbons (Fsp3) is 0.500. The normalized spacial score (nSPS) is 10.8. The Morgan fingerprint density at radius 1 is 1.31 bits per heavy atom. The van der Waals surface area contributed by atoms with Crippen molar-refractivity contribution in [1.29, 1.82) is 0 Å². The van der Waals surface area contributed by atoms with E-state index in [2.05, 4.69) is 36.0 Å². The maximum absolute atomic E-state index is 5.23. The second kappa shape index (κ2) is 6.48. The molecule has 4 nitrogen and oxygen atoms in total. The zero-order valence-electron chi connectivity index (χ0n) is 10.2. The Balaban J connectivity index is 2.76. The minimum atomic E-state index is 0.374. The van der Waals surface area contributed by atoms with Crippen LogP contribution in [-0.4, -0.2) is 32.6 Å². The van der Waals surface area contributed by atoms with Crippen molar-refractivity contribution in [2.75, 3.05) is 27.7 Å². The van der Waals surface area contributed by atoms with Crippen LogP contribution in [0, 0.1) is 0 Å². The molecule has 90 valence electrons. The minimum absolute atomic E-state index is 0.374. The molecule has 0 aliphatic heterocycles. The lowest BCUT2D eigenvalue weighted by atomic mass is 10.1. The highest BCUT2D eigenvalue weighted by atomic mass is 16.6. The van der Waals surface area contributed by atoms with Gasteiger partial charge in [0.15, 0.2) is 0 Å². The second-order valence-corrected chi connectivity index (χ2v) is 4.01. The van der Waals surface area contributed by atoms with Gasteiger partial charge in [-0.3, -0.25) is 4.84 Å². The summed E-state index contributed by atoms with van der Waals surface area (Å²) in [5.74, 6) is 5.91. The molecule has 0 radical (unpaired) electrons. The fourth-order valence-corrected chi connectivity index (χ4v) is 1.54. The molecule has 0 saturated carbocycles. The summed E-state index contributed by atoms with van der Waals surface area (Å²) in [6.07, 6.45) is 1.01. The quantitative estimate of drug-likeness (QED) is 0.737. The van der Waals surface area contributed by atoms with Gasteiger partial charge in [0.25, 0.3) is 0 Å². The van der Waals surface area contributed by atoms with Crippen molar-refractivity contribution in [3.8, 4) is 5.75 Å². The molecule has 1 aromatic carbocycles. The Bertz CT molecular complexity index is 327.